The van der Waals surface area contributed by atoms with Gasteiger partial charge in [0.05, 0.1) is 24.5 Å². The fraction of sp³-hybridized carbons (Fsp3) is 0.727. The molecule has 0 bridgehead atoms. The van der Waals surface area contributed by atoms with E-state index in [1.54, 1.807) is 6.07 Å². The van der Waals surface area contributed by atoms with E-state index in [4.69, 9.17) is 19.7 Å². The lowest BCUT2D eigenvalue weighted by molar-refractivity contribution is -0.0398. The lowest BCUT2D eigenvalue weighted by atomic mass is 10.2. The van der Waals surface area contributed by atoms with Gasteiger partial charge in [0.15, 0.2) is 5.76 Å². The number of ether oxygens (including phenoxy) is 2. The van der Waals surface area contributed by atoms with Crippen LogP contribution in [-0.4, -0.2) is 24.0 Å². The third-order valence-corrected chi connectivity index (χ3v) is 1.82. The van der Waals surface area contributed by atoms with E-state index in [9.17, 15) is 0 Å². The second-order valence-corrected chi connectivity index (χ2v) is 4.50. The number of aromatic nitrogens is 1. The summed E-state index contributed by atoms with van der Waals surface area (Å²) in [7, 11) is 0. The summed E-state index contributed by atoms with van der Waals surface area (Å²) in [5, 5.41) is 3.76. The number of hydrogen-bond donors (Lipinski definition) is 1. The van der Waals surface area contributed by atoms with Gasteiger partial charge in [-0.3, -0.25) is 0 Å². The molecular weight excluding hydrogens is 208 g/mol. The van der Waals surface area contributed by atoms with Crippen LogP contribution in [0.3, 0.4) is 0 Å². The van der Waals surface area contributed by atoms with Crippen molar-refractivity contribution in [1.82, 2.24) is 5.16 Å². The largest absolute Gasteiger partial charge is 0.373 e. The Morgan fingerprint density at radius 3 is 2.69 bits per heavy atom. The highest BCUT2D eigenvalue weighted by Gasteiger charge is 2.09. The molecule has 1 aromatic heterocycles. The van der Waals surface area contributed by atoms with Crippen molar-refractivity contribution in [3.63, 3.8) is 0 Å². The van der Waals surface area contributed by atoms with Crippen LogP contribution in [0.2, 0.25) is 0 Å². The fourth-order valence-electron chi connectivity index (χ4n) is 1.10. The number of hydrogen-bond acceptors (Lipinski definition) is 5. The van der Waals surface area contributed by atoms with Crippen LogP contribution in [0, 0.1) is 0 Å². The second kappa shape index (κ2) is 5.98. The smallest absolute Gasteiger partial charge is 0.162 e. The molecule has 5 heteroatoms. The van der Waals surface area contributed by atoms with Gasteiger partial charge in [-0.2, -0.15) is 0 Å². The van der Waals surface area contributed by atoms with Gasteiger partial charge in [0, 0.05) is 12.6 Å². The fourth-order valence-corrected chi connectivity index (χ4v) is 1.10. The molecule has 0 spiro atoms. The number of nitrogens with two attached hydrogens (primary N) is 1. The van der Waals surface area contributed by atoms with Crippen LogP contribution in [0.4, 0.5) is 0 Å². The van der Waals surface area contributed by atoms with Gasteiger partial charge in [-0.25, -0.2) is 0 Å². The Morgan fingerprint density at radius 2 is 2.12 bits per heavy atom. The predicted molar refractivity (Wildman–Crippen MR) is 59.8 cm³/mol. The van der Waals surface area contributed by atoms with Gasteiger partial charge in [-0.05, 0) is 20.8 Å². The summed E-state index contributed by atoms with van der Waals surface area (Å²) in [4.78, 5) is 0. The topological polar surface area (TPSA) is 70.5 Å². The molecule has 16 heavy (non-hydrogen) atoms. The molecule has 0 aliphatic carbocycles. The summed E-state index contributed by atoms with van der Waals surface area (Å²) in [5.74, 6) is 0.691. The maximum Gasteiger partial charge on any atom is 0.162 e. The zero-order valence-corrected chi connectivity index (χ0v) is 10.2. The van der Waals surface area contributed by atoms with Crippen LogP contribution in [0.15, 0.2) is 10.6 Å². The maximum absolute atomic E-state index is 5.50. The molecule has 92 valence electrons. The zero-order valence-electron chi connectivity index (χ0n) is 10.2. The summed E-state index contributed by atoms with van der Waals surface area (Å²) >= 11 is 0. The van der Waals surface area contributed by atoms with Crippen molar-refractivity contribution in [2.45, 2.75) is 39.5 Å². The molecule has 0 aliphatic rings. The van der Waals surface area contributed by atoms with Crippen molar-refractivity contribution in [3.8, 4) is 0 Å². The van der Waals surface area contributed by atoms with E-state index in [1.807, 2.05) is 20.8 Å². The summed E-state index contributed by atoms with van der Waals surface area (Å²) in [6, 6.07) is 1.80. The van der Waals surface area contributed by atoms with Crippen LogP contribution in [0.5, 0.6) is 0 Å². The SMILES string of the molecule is CC(C)(C)OCCOCc1cc(CN)no1. The van der Waals surface area contributed by atoms with E-state index in [2.05, 4.69) is 5.16 Å². The van der Waals surface area contributed by atoms with Crippen LogP contribution >= 0.6 is 0 Å². The van der Waals surface area contributed by atoms with Gasteiger partial charge >= 0.3 is 0 Å². The van der Waals surface area contributed by atoms with E-state index in [0.717, 1.165) is 5.69 Å². The van der Waals surface area contributed by atoms with Crippen LogP contribution in [-0.2, 0) is 22.6 Å². The monoisotopic (exact) mass is 228 g/mol. The van der Waals surface area contributed by atoms with Crippen molar-refractivity contribution in [2.24, 2.45) is 5.73 Å². The molecule has 0 unspecified atom stereocenters. The van der Waals surface area contributed by atoms with Crippen LogP contribution in [0.25, 0.3) is 0 Å². The molecule has 1 aromatic rings. The number of nitrogens with zero attached hydrogens (tertiary/aromatic N) is 1. The Balaban J connectivity index is 2.11. The molecule has 0 aliphatic heterocycles. The molecule has 0 atom stereocenters. The van der Waals surface area contributed by atoms with Gasteiger partial charge in [0.25, 0.3) is 0 Å². The first-order valence-electron chi connectivity index (χ1n) is 5.37. The molecule has 5 nitrogen and oxygen atoms in total. The van der Waals surface area contributed by atoms with Crippen LogP contribution in [0.1, 0.15) is 32.2 Å². The number of rotatable bonds is 6. The van der Waals surface area contributed by atoms with Gasteiger partial charge in [0.1, 0.15) is 6.61 Å². The Morgan fingerprint density at radius 1 is 1.38 bits per heavy atom. The molecule has 0 fully saturated rings. The van der Waals surface area contributed by atoms with Crippen molar-refractivity contribution in [2.75, 3.05) is 13.2 Å². The summed E-state index contributed by atoms with van der Waals surface area (Å²) in [5.41, 5.74) is 6.02. The quantitative estimate of drug-likeness (QED) is 0.746. The average molecular weight is 228 g/mol. The molecule has 0 saturated heterocycles. The van der Waals surface area contributed by atoms with Crippen molar-refractivity contribution in [3.05, 3.63) is 17.5 Å². The third kappa shape index (κ3) is 5.25. The zero-order chi connectivity index (χ0) is 12.0. The third-order valence-electron chi connectivity index (χ3n) is 1.82. The normalized spacial score (nSPS) is 12.0. The highest BCUT2D eigenvalue weighted by molar-refractivity contribution is 5.03. The molecule has 0 radical (unpaired) electrons. The Labute approximate surface area is 95.9 Å². The highest BCUT2D eigenvalue weighted by Crippen LogP contribution is 2.07. The first-order chi connectivity index (χ1) is 7.51. The average Bonchev–Trinajstić information content (AvgIpc) is 2.63. The minimum absolute atomic E-state index is 0.123. The lowest BCUT2D eigenvalue weighted by Gasteiger charge is -2.19. The van der Waals surface area contributed by atoms with E-state index in [-0.39, 0.29) is 5.60 Å². The Bertz CT molecular complexity index is 304. The maximum atomic E-state index is 5.50. The Kier molecular flexibility index (Phi) is 4.92. The summed E-state index contributed by atoms with van der Waals surface area (Å²) in [6.07, 6.45) is 0. The lowest BCUT2D eigenvalue weighted by Crippen LogP contribution is -2.21. The molecular formula is C11H20N2O3. The van der Waals surface area contributed by atoms with E-state index >= 15 is 0 Å². The molecule has 0 aromatic carbocycles. The minimum Gasteiger partial charge on any atom is -0.373 e. The summed E-state index contributed by atoms with van der Waals surface area (Å²) < 4.78 is 15.9. The highest BCUT2D eigenvalue weighted by atomic mass is 16.5. The summed E-state index contributed by atoms with van der Waals surface area (Å²) in [6.45, 7) is 7.93. The molecule has 1 rings (SSSR count). The van der Waals surface area contributed by atoms with Gasteiger partial charge in [-0.1, -0.05) is 5.16 Å². The minimum atomic E-state index is -0.123. The van der Waals surface area contributed by atoms with Crippen molar-refractivity contribution >= 4 is 0 Å². The standard InChI is InChI=1S/C11H20N2O3/c1-11(2,3)15-5-4-14-8-10-6-9(7-12)13-16-10/h6H,4-5,7-8,12H2,1-3H3. The van der Waals surface area contributed by atoms with E-state index in [0.29, 0.717) is 32.1 Å². The van der Waals surface area contributed by atoms with Gasteiger partial charge in [0.2, 0.25) is 0 Å². The van der Waals surface area contributed by atoms with Gasteiger partial charge < -0.3 is 19.7 Å². The molecule has 0 amide bonds. The first-order valence-corrected chi connectivity index (χ1v) is 5.37. The molecule has 0 saturated carbocycles. The van der Waals surface area contributed by atoms with E-state index in [1.165, 1.54) is 0 Å². The molecule has 1 heterocycles. The first kappa shape index (κ1) is 13.2. The predicted octanol–water partition coefficient (Wildman–Crippen LogP) is 1.46. The van der Waals surface area contributed by atoms with Crippen molar-refractivity contribution in [1.29, 1.82) is 0 Å². The van der Waals surface area contributed by atoms with Crippen molar-refractivity contribution < 1.29 is 14.0 Å². The Hall–Kier alpha value is -0.910. The van der Waals surface area contributed by atoms with Crippen LogP contribution < -0.4 is 5.73 Å². The van der Waals surface area contributed by atoms with Gasteiger partial charge in [-0.15, -0.1) is 0 Å². The van der Waals surface area contributed by atoms with E-state index < -0.39 is 0 Å². The molecule has 2 N–H and O–H groups in total. The second-order valence-electron chi connectivity index (χ2n) is 4.50.